The fraction of sp³-hybridized carbons (Fsp3) is 0.632. The molecule has 0 saturated carbocycles. The quantitative estimate of drug-likeness (QED) is 0.835. The van der Waals surface area contributed by atoms with Gasteiger partial charge in [0.2, 0.25) is 5.91 Å². The smallest absolute Gasteiger partial charge is 0.229 e. The summed E-state index contributed by atoms with van der Waals surface area (Å²) in [6.45, 7) is 2.96. The SMILES string of the molecule is COc1ccc2c(c1)OCC(C(=O)N1CCC3(CCCO3)CC1)C2. The Morgan fingerprint density at radius 3 is 2.83 bits per heavy atom. The van der Waals surface area contributed by atoms with Crippen LogP contribution < -0.4 is 9.47 Å². The fourth-order valence-electron chi connectivity index (χ4n) is 4.18. The third kappa shape index (κ3) is 2.86. The molecule has 0 aromatic heterocycles. The number of carbonyl (C=O) groups is 1. The summed E-state index contributed by atoms with van der Waals surface area (Å²) in [6.07, 6.45) is 5.00. The number of hydrogen-bond acceptors (Lipinski definition) is 4. The van der Waals surface area contributed by atoms with Crippen LogP contribution in [0.15, 0.2) is 18.2 Å². The summed E-state index contributed by atoms with van der Waals surface area (Å²) in [5.41, 5.74) is 1.15. The molecule has 4 rings (SSSR count). The van der Waals surface area contributed by atoms with Crippen molar-refractivity contribution in [1.29, 1.82) is 0 Å². The van der Waals surface area contributed by atoms with Crippen molar-refractivity contribution in [3.63, 3.8) is 0 Å². The number of likely N-dealkylation sites (tertiary alicyclic amines) is 1. The third-order valence-corrected chi connectivity index (χ3v) is 5.70. The van der Waals surface area contributed by atoms with Crippen molar-refractivity contribution in [2.24, 2.45) is 5.92 Å². The molecule has 0 bridgehead atoms. The lowest BCUT2D eigenvalue weighted by Gasteiger charge is -2.40. The van der Waals surface area contributed by atoms with E-state index in [1.165, 1.54) is 0 Å². The number of methoxy groups -OCH3 is 1. The maximum absolute atomic E-state index is 12.9. The van der Waals surface area contributed by atoms with E-state index in [0.29, 0.717) is 6.61 Å². The van der Waals surface area contributed by atoms with Gasteiger partial charge in [-0.15, -0.1) is 0 Å². The van der Waals surface area contributed by atoms with Gasteiger partial charge in [-0.1, -0.05) is 6.07 Å². The molecular weight excluding hydrogens is 306 g/mol. The number of rotatable bonds is 2. The van der Waals surface area contributed by atoms with Crippen molar-refractivity contribution in [3.05, 3.63) is 23.8 Å². The Morgan fingerprint density at radius 2 is 2.12 bits per heavy atom. The summed E-state index contributed by atoms with van der Waals surface area (Å²) in [6, 6.07) is 5.83. The zero-order valence-corrected chi connectivity index (χ0v) is 14.3. The molecule has 3 heterocycles. The second-order valence-electron chi connectivity index (χ2n) is 7.15. The molecule has 2 saturated heterocycles. The topological polar surface area (TPSA) is 48.0 Å². The van der Waals surface area contributed by atoms with Crippen LogP contribution >= 0.6 is 0 Å². The number of fused-ring (bicyclic) bond motifs is 1. The van der Waals surface area contributed by atoms with E-state index in [9.17, 15) is 4.79 Å². The van der Waals surface area contributed by atoms with E-state index >= 15 is 0 Å². The Hall–Kier alpha value is -1.75. The van der Waals surface area contributed by atoms with Crippen molar-refractivity contribution in [2.45, 2.75) is 37.7 Å². The average Bonchev–Trinajstić information content (AvgIpc) is 3.09. The number of amides is 1. The number of hydrogen-bond donors (Lipinski definition) is 0. The van der Waals surface area contributed by atoms with Crippen LogP contribution in [0.1, 0.15) is 31.2 Å². The highest BCUT2D eigenvalue weighted by molar-refractivity contribution is 5.80. The minimum Gasteiger partial charge on any atom is -0.497 e. The van der Waals surface area contributed by atoms with Crippen LogP contribution in [0.25, 0.3) is 0 Å². The van der Waals surface area contributed by atoms with E-state index in [1.807, 2.05) is 23.1 Å². The molecule has 130 valence electrons. The van der Waals surface area contributed by atoms with E-state index in [2.05, 4.69) is 0 Å². The average molecular weight is 331 g/mol. The maximum Gasteiger partial charge on any atom is 0.229 e. The molecule has 5 heteroatoms. The summed E-state index contributed by atoms with van der Waals surface area (Å²) in [5, 5.41) is 0. The first-order valence-electron chi connectivity index (χ1n) is 8.92. The Kier molecular flexibility index (Phi) is 4.12. The third-order valence-electron chi connectivity index (χ3n) is 5.70. The highest BCUT2D eigenvalue weighted by Gasteiger charge is 2.40. The van der Waals surface area contributed by atoms with Crippen LogP contribution in [0.2, 0.25) is 0 Å². The lowest BCUT2D eigenvalue weighted by atomic mass is 9.87. The molecule has 1 spiro atoms. The van der Waals surface area contributed by atoms with Crippen molar-refractivity contribution in [3.8, 4) is 11.5 Å². The summed E-state index contributed by atoms with van der Waals surface area (Å²) in [4.78, 5) is 14.9. The van der Waals surface area contributed by atoms with Gasteiger partial charge in [0, 0.05) is 25.8 Å². The highest BCUT2D eigenvalue weighted by Crippen LogP contribution is 2.37. The number of piperidine rings is 1. The molecule has 1 aromatic rings. The number of ether oxygens (including phenoxy) is 3. The van der Waals surface area contributed by atoms with E-state index in [1.54, 1.807) is 7.11 Å². The van der Waals surface area contributed by atoms with Crippen molar-refractivity contribution in [2.75, 3.05) is 33.4 Å². The lowest BCUT2D eigenvalue weighted by Crippen LogP contribution is -2.49. The molecule has 3 aliphatic heterocycles. The molecule has 3 aliphatic rings. The molecule has 0 radical (unpaired) electrons. The van der Waals surface area contributed by atoms with Crippen LogP contribution in [0.4, 0.5) is 0 Å². The second-order valence-corrected chi connectivity index (χ2v) is 7.15. The van der Waals surface area contributed by atoms with Gasteiger partial charge in [-0.05, 0) is 43.7 Å². The van der Waals surface area contributed by atoms with E-state index in [-0.39, 0.29) is 17.4 Å². The van der Waals surface area contributed by atoms with Crippen LogP contribution in [0, 0.1) is 5.92 Å². The first-order chi connectivity index (χ1) is 11.7. The molecule has 1 atom stereocenters. The lowest BCUT2D eigenvalue weighted by molar-refractivity contribution is -0.141. The molecule has 5 nitrogen and oxygen atoms in total. The zero-order valence-electron chi connectivity index (χ0n) is 14.3. The van der Waals surface area contributed by atoms with Gasteiger partial charge in [0.05, 0.1) is 18.6 Å². The van der Waals surface area contributed by atoms with Gasteiger partial charge in [0.25, 0.3) is 0 Å². The Balaban J connectivity index is 1.39. The molecule has 1 unspecified atom stereocenters. The van der Waals surface area contributed by atoms with Gasteiger partial charge >= 0.3 is 0 Å². The van der Waals surface area contributed by atoms with Crippen LogP contribution in [0.3, 0.4) is 0 Å². The minimum atomic E-state index is -0.0792. The summed E-state index contributed by atoms with van der Waals surface area (Å²) < 4.78 is 17.0. The summed E-state index contributed by atoms with van der Waals surface area (Å²) in [5.74, 6) is 1.78. The van der Waals surface area contributed by atoms with E-state index < -0.39 is 0 Å². The van der Waals surface area contributed by atoms with E-state index in [0.717, 1.165) is 68.9 Å². The maximum atomic E-state index is 12.9. The molecule has 24 heavy (non-hydrogen) atoms. The second kappa shape index (κ2) is 6.28. The first kappa shape index (κ1) is 15.8. The molecule has 0 N–H and O–H groups in total. The van der Waals surface area contributed by atoms with Gasteiger partial charge in [-0.25, -0.2) is 0 Å². The van der Waals surface area contributed by atoms with Crippen LogP contribution in [0.5, 0.6) is 11.5 Å². The number of carbonyl (C=O) groups excluding carboxylic acids is 1. The Morgan fingerprint density at radius 1 is 1.29 bits per heavy atom. The minimum absolute atomic E-state index is 0.0585. The monoisotopic (exact) mass is 331 g/mol. The largest absolute Gasteiger partial charge is 0.497 e. The molecule has 0 aliphatic carbocycles. The Labute approximate surface area is 142 Å². The Bertz CT molecular complexity index is 614. The highest BCUT2D eigenvalue weighted by atomic mass is 16.5. The van der Waals surface area contributed by atoms with Crippen molar-refractivity contribution in [1.82, 2.24) is 4.90 Å². The van der Waals surface area contributed by atoms with Gasteiger partial charge in [0.1, 0.15) is 18.1 Å². The fourth-order valence-corrected chi connectivity index (χ4v) is 4.18. The molecular formula is C19H25NO4. The van der Waals surface area contributed by atoms with Gasteiger partial charge in [-0.3, -0.25) is 4.79 Å². The van der Waals surface area contributed by atoms with Crippen LogP contribution in [-0.2, 0) is 16.0 Å². The number of nitrogens with zero attached hydrogens (tertiary/aromatic N) is 1. The zero-order chi connectivity index (χ0) is 16.6. The summed E-state index contributed by atoms with van der Waals surface area (Å²) >= 11 is 0. The predicted octanol–water partition coefficient (Wildman–Crippen LogP) is 2.42. The normalized spacial score (nSPS) is 25.2. The van der Waals surface area contributed by atoms with Gasteiger partial charge in [0.15, 0.2) is 0 Å². The molecule has 1 aromatic carbocycles. The standard InChI is InChI=1S/C19H25NO4/c1-22-16-4-3-14-11-15(13-23-17(14)12-16)18(21)20-8-6-19(7-9-20)5-2-10-24-19/h3-4,12,15H,2,5-11,13H2,1H3. The first-order valence-corrected chi connectivity index (χ1v) is 8.92. The van der Waals surface area contributed by atoms with Crippen molar-refractivity contribution < 1.29 is 19.0 Å². The number of benzene rings is 1. The van der Waals surface area contributed by atoms with E-state index in [4.69, 9.17) is 14.2 Å². The molecule has 2 fully saturated rings. The molecule has 1 amide bonds. The van der Waals surface area contributed by atoms with Crippen LogP contribution in [-0.4, -0.2) is 49.8 Å². The predicted molar refractivity (Wildman–Crippen MR) is 89.4 cm³/mol. The van der Waals surface area contributed by atoms with Gasteiger partial charge < -0.3 is 19.1 Å². The van der Waals surface area contributed by atoms with Gasteiger partial charge in [-0.2, -0.15) is 0 Å². The summed E-state index contributed by atoms with van der Waals surface area (Å²) in [7, 11) is 1.65. The van der Waals surface area contributed by atoms with Crippen molar-refractivity contribution >= 4 is 5.91 Å².